The van der Waals surface area contributed by atoms with Crippen LogP contribution in [-0.4, -0.2) is 19.5 Å². The highest BCUT2D eigenvalue weighted by atomic mass is 15.1. The van der Waals surface area contributed by atoms with Crippen molar-refractivity contribution >= 4 is 21.8 Å². The van der Waals surface area contributed by atoms with Gasteiger partial charge in [0.25, 0.3) is 0 Å². The Morgan fingerprint density at radius 3 is 2.53 bits per heavy atom. The van der Waals surface area contributed by atoms with Crippen LogP contribution in [0.1, 0.15) is 0 Å². The minimum absolute atomic E-state index is 0.850. The molecule has 4 rings (SSSR count). The van der Waals surface area contributed by atoms with Crippen molar-refractivity contribution in [1.29, 1.82) is 0 Å². The van der Waals surface area contributed by atoms with Crippen LogP contribution in [0.5, 0.6) is 0 Å². The van der Waals surface area contributed by atoms with Crippen molar-refractivity contribution in [2.45, 2.75) is 0 Å². The molecular formula is C15H10N4. The van der Waals surface area contributed by atoms with E-state index in [2.05, 4.69) is 28.2 Å². The Hall–Kier alpha value is -2.75. The summed E-state index contributed by atoms with van der Waals surface area (Å²) in [4.78, 5) is 13.2. The van der Waals surface area contributed by atoms with Gasteiger partial charge in [-0.25, -0.2) is 9.97 Å². The molecule has 0 aliphatic rings. The minimum Gasteiger partial charge on any atom is -0.291 e. The van der Waals surface area contributed by atoms with Crippen LogP contribution in [-0.2, 0) is 0 Å². The van der Waals surface area contributed by atoms with Gasteiger partial charge in [0, 0.05) is 29.4 Å². The Labute approximate surface area is 109 Å². The fourth-order valence-corrected chi connectivity index (χ4v) is 2.25. The first kappa shape index (κ1) is 10.2. The molecule has 0 amide bonds. The van der Waals surface area contributed by atoms with E-state index in [1.165, 1.54) is 0 Å². The van der Waals surface area contributed by atoms with Crippen molar-refractivity contribution < 1.29 is 0 Å². The molecular weight excluding hydrogens is 236 g/mol. The number of rotatable bonds is 1. The highest BCUT2D eigenvalue weighted by Crippen LogP contribution is 2.22. The maximum Gasteiger partial charge on any atom is 0.138 e. The molecule has 0 radical (unpaired) electrons. The number of fused-ring (bicyclic) bond motifs is 3. The van der Waals surface area contributed by atoms with Gasteiger partial charge in [-0.3, -0.25) is 9.55 Å². The third-order valence-electron chi connectivity index (χ3n) is 3.19. The summed E-state index contributed by atoms with van der Waals surface area (Å²) in [6.07, 6.45) is 7.17. The molecule has 90 valence electrons. The predicted octanol–water partition coefficient (Wildman–Crippen LogP) is 2.97. The first-order valence-corrected chi connectivity index (χ1v) is 6.05. The number of hydrogen-bond acceptors (Lipinski definition) is 3. The summed E-state index contributed by atoms with van der Waals surface area (Å²) in [5.41, 5.74) is 1.85. The second kappa shape index (κ2) is 3.88. The average molecular weight is 246 g/mol. The van der Waals surface area contributed by atoms with Gasteiger partial charge in [0.05, 0.1) is 11.0 Å². The van der Waals surface area contributed by atoms with Crippen LogP contribution >= 0.6 is 0 Å². The Bertz CT molecular complexity index is 866. The Morgan fingerprint density at radius 1 is 0.842 bits per heavy atom. The Morgan fingerprint density at radius 2 is 1.68 bits per heavy atom. The molecule has 0 N–H and O–H groups in total. The van der Waals surface area contributed by atoms with Crippen LogP contribution in [0.2, 0.25) is 0 Å². The van der Waals surface area contributed by atoms with E-state index >= 15 is 0 Å². The van der Waals surface area contributed by atoms with Crippen molar-refractivity contribution in [3.8, 4) is 5.82 Å². The number of hydrogen-bond donors (Lipinski definition) is 0. The van der Waals surface area contributed by atoms with Crippen molar-refractivity contribution in [1.82, 2.24) is 19.5 Å². The van der Waals surface area contributed by atoms with Gasteiger partial charge in [0.1, 0.15) is 12.1 Å². The minimum atomic E-state index is 0.850. The zero-order valence-electron chi connectivity index (χ0n) is 10.1. The summed E-state index contributed by atoms with van der Waals surface area (Å²) in [5.74, 6) is 0.850. The van der Waals surface area contributed by atoms with Gasteiger partial charge in [0.2, 0.25) is 0 Å². The zero-order valence-corrected chi connectivity index (χ0v) is 10.1. The lowest BCUT2D eigenvalue weighted by molar-refractivity contribution is 1.01. The lowest BCUT2D eigenvalue weighted by Gasteiger charge is -2.05. The van der Waals surface area contributed by atoms with Crippen molar-refractivity contribution in [2.75, 3.05) is 0 Å². The van der Waals surface area contributed by atoms with E-state index in [-0.39, 0.29) is 0 Å². The fourth-order valence-electron chi connectivity index (χ4n) is 2.25. The molecule has 0 atom stereocenters. The van der Waals surface area contributed by atoms with Crippen molar-refractivity contribution in [2.24, 2.45) is 0 Å². The second-order valence-corrected chi connectivity index (χ2v) is 4.35. The maximum atomic E-state index is 4.71. The van der Waals surface area contributed by atoms with E-state index in [0.717, 1.165) is 27.6 Å². The van der Waals surface area contributed by atoms with Gasteiger partial charge in [-0.2, -0.15) is 0 Å². The third-order valence-corrected chi connectivity index (χ3v) is 3.19. The van der Waals surface area contributed by atoms with Gasteiger partial charge < -0.3 is 0 Å². The Balaban J connectivity index is 2.09. The zero-order chi connectivity index (χ0) is 12.7. The van der Waals surface area contributed by atoms with E-state index in [1.54, 1.807) is 18.7 Å². The molecule has 0 aliphatic heterocycles. The molecule has 0 unspecified atom stereocenters. The quantitative estimate of drug-likeness (QED) is 0.485. The molecule has 0 saturated heterocycles. The number of imidazole rings is 1. The summed E-state index contributed by atoms with van der Waals surface area (Å²) in [6.45, 7) is 0. The smallest absolute Gasteiger partial charge is 0.138 e. The van der Waals surface area contributed by atoms with E-state index in [9.17, 15) is 0 Å². The molecule has 1 aromatic carbocycles. The molecule has 3 heterocycles. The van der Waals surface area contributed by atoms with Gasteiger partial charge in [-0.15, -0.1) is 0 Å². The molecule has 0 fully saturated rings. The van der Waals surface area contributed by atoms with Gasteiger partial charge in [0.15, 0.2) is 0 Å². The first-order valence-electron chi connectivity index (χ1n) is 6.05. The third kappa shape index (κ3) is 1.57. The number of pyridine rings is 2. The summed E-state index contributed by atoms with van der Waals surface area (Å²) < 4.78 is 1.89. The normalized spacial score (nSPS) is 11.2. The van der Waals surface area contributed by atoms with Crippen LogP contribution in [0.3, 0.4) is 0 Å². The number of nitrogens with zero attached hydrogens (tertiary/aromatic N) is 4. The van der Waals surface area contributed by atoms with E-state index in [4.69, 9.17) is 4.98 Å². The average Bonchev–Trinajstić information content (AvgIpc) is 3.01. The lowest BCUT2D eigenvalue weighted by atomic mass is 10.1. The van der Waals surface area contributed by atoms with E-state index in [0.29, 0.717) is 0 Å². The molecule has 3 aromatic heterocycles. The largest absolute Gasteiger partial charge is 0.291 e. The van der Waals surface area contributed by atoms with Crippen LogP contribution in [0, 0.1) is 0 Å². The molecule has 4 nitrogen and oxygen atoms in total. The van der Waals surface area contributed by atoms with Crippen LogP contribution < -0.4 is 0 Å². The van der Waals surface area contributed by atoms with E-state index < -0.39 is 0 Å². The molecule has 4 heteroatoms. The van der Waals surface area contributed by atoms with E-state index in [1.807, 2.05) is 29.0 Å². The molecule has 0 spiro atoms. The van der Waals surface area contributed by atoms with Crippen molar-refractivity contribution in [3.05, 3.63) is 61.3 Å². The monoisotopic (exact) mass is 246 g/mol. The summed E-state index contributed by atoms with van der Waals surface area (Å²) >= 11 is 0. The summed E-state index contributed by atoms with van der Waals surface area (Å²) in [6, 6.07) is 12.2. The molecule has 19 heavy (non-hydrogen) atoms. The molecule has 0 aliphatic carbocycles. The lowest BCUT2D eigenvalue weighted by Crippen LogP contribution is -1.95. The molecule has 0 saturated carbocycles. The maximum absolute atomic E-state index is 4.71. The topological polar surface area (TPSA) is 43.6 Å². The summed E-state index contributed by atoms with van der Waals surface area (Å²) in [7, 11) is 0. The first-order chi connectivity index (χ1) is 9.42. The van der Waals surface area contributed by atoms with Crippen LogP contribution in [0.4, 0.5) is 0 Å². The standard InChI is InChI=1S/C15H10N4/c1-2-11-3-4-12-5-6-13(19-9-8-16-10-19)18-15(12)14(11)17-7-1/h1-10H. The van der Waals surface area contributed by atoms with Gasteiger partial charge >= 0.3 is 0 Å². The van der Waals surface area contributed by atoms with Crippen LogP contribution in [0.25, 0.3) is 27.6 Å². The number of aromatic nitrogens is 4. The van der Waals surface area contributed by atoms with Crippen LogP contribution in [0.15, 0.2) is 61.3 Å². The fraction of sp³-hybridized carbons (Fsp3) is 0. The molecule has 0 bridgehead atoms. The summed E-state index contributed by atoms with van der Waals surface area (Å²) in [5, 5.41) is 2.19. The highest BCUT2D eigenvalue weighted by molar-refractivity contribution is 6.02. The van der Waals surface area contributed by atoms with Gasteiger partial charge in [-0.05, 0) is 18.2 Å². The van der Waals surface area contributed by atoms with Crippen molar-refractivity contribution in [3.63, 3.8) is 0 Å². The SMILES string of the molecule is c1cnc2c(c1)ccc1ccc(-n3ccnc3)nc12. The second-order valence-electron chi connectivity index (χ2n) is 4.35. The Kier molecular flexibility index (Phi) is 2.08. The molecule has 4 aromatic rings. The predicted molar refractivity (Wildman–Crippen MR) is 74.2 cm³/mol. The number of benzene rings is 1. The highest BCUT2D eigenvalue weighted by Gasteiger charge is 2.05. The van der Waals surface area contributed by atoms with Gasteiger partial charge in [-0.1, -0.05) is 18.2 Å².